The Morgan fingerprint density at radius 1 is 1.16 bits per heavy atom. The molecular weight excluding hydrogens is 414 g/mol. The van der Waals surface area contributed by atoms with Crippen LogP contribution in [0, 0.1) is 0 Å². The van der Waals surface area contributed by atoms with Gasteiger partial charge in [-0.25, -0.2) is 4.98 Å². The van der Waals surface area contributed by atoms with E-state index in [0.29, 0.717) is 29.7 Å². The lowest BCUT2D eigenvalue weighted by atomic mass is 10.0. The molecule has 2 aliphatic heterocycles. The fourth-order valence-corrected chi connectivity index (χ4v) is 4.73. The van der Waals surface area contributed by atoms with Crippen LogP contribution >= 0.6 is 11.6 Å². The maximum atomic E-state index is 6.34. The van der Waals surface area contributed by atoms with Crippen molar-refractivity contribution >= 4 is 11.6 Å². The van der Waals surface area contributed by atoms with E-state index in [2.05, 4.69) is 37.7 Å². The second-order valence-electron chi connectivity index (χ2n) is 8.11. The monoisotopic (exact) mass is 435 g/mol. The van der Waals surface area contributed by atoms with Gasteiger partial charge in [0.2, 0.25) is 0 Å². The zero-order valence-corrected chi connectivity index (χ0v) is 18.0. The van der Waals surface area contributed by atoms with E-state index >= 15 is 0 Å². The number of halogens is 1. The topological polar surface area (TPSA) is 77.8 Å². The van der Waals surface area contributed by atoms with Crippen molar-refractivity contribution in [2.75, 3.05) is 13.1 Å². The van der Waals surface area contributed by atoms with Crippen molar-refractivity contribution in [2.45, 2.75) is 39.3 Å². The number of aromatic nitrogens is 6. The molecule has 1 saturated heterocycles. The van der Waals surface area contributed by atoms with E-state index in [1.54, 1.807) is 0 Å². The zero-order chi connectivity index (χ0) is 20.9. The van der Waals surface area contributed by atoms with Gasteiger partial charge >= 0.3 is 0 Å². The summed E-state index contributed by atoms with van der Waals surface area (Å²) in [7, 11) is 0. The lowest BCUT2D eigenvalue weighted by Gasteiger charge is -2.10. The second kappa shape index (κ2) is 7.32. The first-order chi connectivity index (χ1) is 15.2. The molecule has 0 atom stereocenters. The van der Waals surface area contributed by atoms with E-state index < -0.39 is 0 Å². The molecule has 31 heavy (non-hydrogen) atoms. The van der Waals surface area contributed by atoms with Crippen LogP contribution < -0.4 is 0 Å². The third-order valence-electron chi connectivity index (χ3n) is 6.09. The summed E-state index contributed by atoms with van der Waals surface area (Å²) in [6.45, 7) is 5.79. The molecule has 5 heterocycles. The van der Waals surface area contributed by atoms with Gasteiger partial charge in [-0.05, 0) is 51.1 Å². The Balaban J connectivity index is 1.45. The number of hydrogen-bond acceptors (Lipinski definition) is 6. The molecule has 1 aromatic carbocycles. The van der Waals surface area contributed by atoms with Gasteiger partial charge in [0, 0.05) is 35.3 Å². The van der Waals surface area contributed by atoms with Crippen LogP contribution in [0.15, 0.2) is 35.2 Å². The van der Waals surface area contributed by atoms with Gasteiger partial charge in [-0.15, -0.1) is 0 Å². The molecule has 3 aromatic heterocycles. The molecule has 6 rings (SSSR count). The largest absolute Gasteiger partial charge is 0.332 e. The summed E-state index contributed by atoms with van der Waals surface area (Å²) >= 11 is 6.34. The lowest BCUT2D eigenvalue weighted by Crippen LogP contribution is -2.19. The van der Waals surface area contributed by atoms with Crippen LogP contribution in [-0.2, 0) is 19.5 Å². The van der Waals surface area contributed by atoms with Crippen molar-refractivity contribution in [2.24, 2.45) is 0 Å². The van der Waals surface area contributed by atoms with Crippen molar-refractivity contribution in [3.8, 4) is 28.5 Å². The second-order valence-corrected chi connectivity index (χ2v) is 8.54. The Labute approximate surface area is 184 Å². The summed E-state index contributed by atoms with van der Waals surface area (Å²) < 4.78 is 9.69. The molecule has 1 fully saturated rings. The van der Waals surface area contributed by atoms with Crippen LogP contribution in [0.3, 0.4) is 0 Å². The van der Waals surface area contributed by atoms with E-state index in [4.69, 9.17) is 21.2 Å². The number of fused-ring (bicyclic) bond motifs is 5. The number of nitrogens with zero attached hydrogens (tertiary/aromatic N) is 7. The van der Waals surface area contributed by atoms with Crippen LogP contribution in [0.4, 0.5) is 0 Å². The van der Waals surface area contributed by atoms with Crippen molar-refractivity contribution in [1.29, 1.82) is 0 Å². The Morgan fingerprint density at radius 2 is 2.03 bits per heavy atom. The van der Waals surface area contributed by atoms with Gasteiger partial charge in [0.05, 0.1) is 23.6 Å². The summed E-state index contributed by atoms with van der Waals surface area (Å²) in [5.74, 6) is 1.17. The summed E-state index contributed by atoms with van der Waals surface area (Å²) in [6, 6.07) is 5.88. The SMILES string of the molecule is CCn1cc2c(n1)-c1cc(Cl)ccc1-n1cnc(-c3nc(CN4CCCC4)no3)c1C2. The molecule has 158 valence electrons. The minimum absolute atomic E-state index is 0.463. The van der Waals surface area contributed by atoms with Crippen LogP contribution in [0.5, 0.6) is 0 Å². The number of likely N-dealkylation sites (tertiary alicyclic amines) is 1. The summed E-state index contributed by atoms with van der Waals surface area (Å²) in [5, 5.41) is 9.70. The van der Waals surface area contributed by atoms with Gasteiger partial charge in [-0.1, -0.05) is 16.8 Å². The molecular formula is C22H22ClN7O. The Kier molecular flexibility index (Phi) is 4.43. The molecule has 9 heteroatoms. The fourth-order valence-electron chi connectivity index (χ4n) is 4.55. The Bertz CT molecular complexity index is 1260. The first kappa shape index (κ1) is 18.8. The zero-order valence-electron chi connectivity index (χ0n) is 17.3. The smallest absolute Gasteiger partial charge is 0.278 e. The highest BCUT2D eigenvalue weighted by Gasteiger charge is 2.27. The lowest BCUT2D eigenvalue weighted by molar-refractivity contribution is 0.312. The minimum Gasteiger partial charge on any atom is -0.332 e. The third kappa shape index (κ3) is 3.18. The number of hydrogen-bond donors (Lipinski definition) is 0. The van der Waals surface area contributed by atoms with Gasteiger partial charge in [-0.3, -0.25) is 9.58 Å². The summed E-state index contributed by atoms with van der Waals surface area (Å²) in [6.07, 6.45) is 7.05. The summed E-state index contributed by atoms with van der Waals surface area (Å²) in [4.78, 5) is 11.7. The van der Waals surface area contributed by atoms with Crippen molar-refractivity contribution in [3.05, 3.63) is 52.8 Å². The van der Waals surface area contributed by atoms with E-state index in [1.807, 2.05) is 29.2 Å². The molecule has 0 radical (unpaired) electrons. The Morgan fingerprint density at radius 3 is 2.87 bits per heavy atom. The average molecular weight is 436 g/mol. The van der Waals surface area contributed by atoms with Gasteiger partial charge in [0.15, 0.2) is 11.5 Å². The molecule has 0 aliphatic carbocycles. The standard InChI is InChI=1S/C22H22ClN7O/c1-2-29-11-14-9-18-21(22-25-19(27-31-22)12-28-7-3-4-8-28)24-13-30(18)17-6-5-15(23)10-16(17)20(14)26-29/h5-6,10-11,13H,2-4,7-9,12H2,1H3. The molecule has 0 N–H and O–H groups in total. The van der Waals surface area contributed by atoms with E-state index in [0.717, 1.165) is 53.5 Å². The van der Waals surface area contributed by atoms with Crippen molar-refractivity contribution in [1.82, 2.24) is 34.4 Å². The highest BCUT2D eigenvalue weighted by Crippen LogP contribution is 2.38. The maximum Gasteiger partial charge on any atom is 0.278 e. The normalized spacial score (nSPS) is 15.5. The van der Waals surface area contributed by atoms with Gasteiger partial charge < -0.3 is 9.09 Å². The average Bonchev–Trinajstić information content (AvgIpc) is 3.55. The van der Waals surface area contributed by atoms with Crippen LogP contribution in [-0.4, -0.2) is 47.5 Å². The molecule has 2 aliphatic rings. The van der Waals surface area contributed by atoms with Gasteiger partial charge in [0.25, 0.3) is 5.89 Å². The highest BCUT2D eigenvalue weighted by atomic mass is 35.5. The van der Waals surface area contributed by atoms with E-state index in [-0.39, 0.29) is 0 Å². The number of benzene rings is 1. The minimum atomic E-state index is 0.463. The number of rotatable bonds is 4. The predicted molar refractivity (Wildman–Crippen MR) is 116 cm³/mol. The molecule has 0 bridgehead atoms. The van der Waals surface area contributed by atoms with Crippen LogP contribution in [0.2, 0.25) is 5.02 Å². The molecule has 0 saturated carbocycles. The number of aryl methyl sites for hydroxylation is 1. The molecule has 8 nitrogen and oxygen atoms in total. The fraction of sp³-hybridized carbons (Fsp3) is 0.364. The molecule has 0 spiro atoms. The molecule has 0 amide bonds. The first-order valence-electron chi connectivity index (χ1n) is 10.7. The van der Waals surface area contributed by atoms with E-state index in [1.165, 1.54) is 12.8 Å². The van der Waals surface area contributed by atoms with Gasteiger partial charge in [-0.2, -0.15) is 10.1 Å². The van der Waals surface area contributed by atoms with Crippen molar-refractivity contribution < 1.29 is 4.52 Å². The summed E-state index contributed by atoms with van der Waals surface area (Å²) in [5.41, 5.74) is 5.80. The quantitative estimate of drug-likeness (QED) is 0.425. The van der Waals surface area contributed by atoms with Gasteiger partial charge in [0.1, 0.15) is 6.33 Å². The highest BCUT2D eigenvalue weighted by molar-refractivity contribution is 6.31. The Hall–Kier alpha value is -2.97. The molecule has 4 aromatic rings. The van der Waals surface area contributed by atoms with E-state index in [9.17, 15) is 0 Å². The maximum absolute atomic E-state index is 6.34. The number of imidazole rings is 1. The third-order valence-corrected chi connectivity index (χ3v) is 6.33. The predicted octanol–water partition coefficient (Wildman–Crippen LogP) is 3.96. The van der Waals surface area contributed by atoms with Crippen LogP contribution in [0.1, 0.15) is 36.8 Å². The first-order valence-corrected chi connectivity index (χ1v) is 11.1. The van der Waals surface area contributed by atoms with Crippen LogP contribution in [0.25, 0.3) is 28.5 Å². The molecule has 0 unspecified atom stereocenters. The van der Waals surface area contributed by atoms with Crippen molar-refractivity contribution in [3.63, 3.8) is 0 Å².